The lowest BCUT2D eigenvalue weighted by molar-refractivity contribution is -0.384. The highest BCUT2D eigenvalue weighted by Crippen LogP contribution is 2.26. The zero-order chi connectivity index (χ0) is 14.5. The largest absolute Gasteiger partial charge is 0.323 e. The first-order valence-corrected chi connectivity index (χ1v) is 5.86. The molecule has 0 atom stereocenters. The molecule has 20 heavy (non-hydrogen) atoms. The predicted octanol–water partition coefficient (Wildman–Crippen LogP) is 3.29. The average Bonchev–Trinajstić information content (AvgIpc) is 2.42. The number of pyridine rings is 1. The Morgan fingerprint density at radius 2 is 2.10 bits per heavy atom. The summed E-state index contributed by atoms with van der Waals surface area (Å²) in [6.07, 6.45) is 3.04. The summed E-state index contributed by atoms with van der Waals surface area (Å²) < 4.78 is 0. The van der Waals surface area contributed by atoms with Crippen LogP contribution in [0.2, 0.25) is 5.02 Å². The number of anilines is 2. The summed E-state index contributed by atoms with van der Waals surface area (Å²) >= 11 is 5.87. The second kappa shape index (κ2) is 5.98. The van der Waals surface area contributed by atoms with Crippen LogP contribution in [0.25, 0.3) is 0 Å². The van der Waals surface area contributed by atoms with Gasteiger partial charge in [-0.05, 0) is 18.2 Å². The number of nitro groups is 1. The molecule has 8 heteroatoms. The van der Waals surface area contributed by atoms with Gasteiger partial charge in [0.15, 0.2) is 0 Å². The second-order valence-electron chi connectivity index (χ2n) is 3.74. The molecule has 7 nitrogen and oxygen atoms in total. The lowest BCUT2D eigenvalue weighted by Crippen LogP contribution is -2.19. The number of amides is 2. The van der Waals surface area contributed by atoms with Crippen molar-refractivity contribution >= 4 is 34.7 Å². The van der Waals surface area contributed by atoms with Gasteiger partial charge in [0.05, 0.1) is 27.5 Å². The fraction of sp³-hybridized carbons (Fsp3) is 0. The monoisotopic (exact) mass is 292 g/mol. The highest BCUT2D eigenvalue weighted by molar-refractivity contribution is 6.33. The second-order valence-corrected chi connectivity index (χ2v) is 4.15. The SMILES string of the molecule is O=C(Nc1cccnc1)Nc1cc([N+](=O)[O-])ccc1Cl. The normalized spacial score (nSPS) is 9.85. The summed E-state index contributed by atoms with van der Waals surface area (Å²) in [7, 11) is 0. The number of carbonyl (C=O) groups excluding carboxylic acids is 1. The molecule has 1 heterocycles. The molecule has 0 unspecified atom stereocenters. The van der Waals surface area contributed by atoms with Crippen molar-refractivity contribution in [3.8, 4) is 0 Å². The molecule has 1 aromatic carbocycles. The Morgan fingerprint density at radius 3 is 2.75 bits per heavy atom. The van der Waals surface area contributed by atoms with Gasteiger partial charge in [-0.2, -0.15) is 0 Å². The summed E-state index contributed by atoms with van der Waals surface area (Å²) in [5, 5.41) is 15.8. The first-order chi connectivity index (χ1) is 9.56. The Kier molecular flexibility index (Phi) is 4.11. The van der Waals surface area contributed by atoms with E-state index in [-0.39, 0.29) is 16.4 Å². The summed E-state index contributed by atoms with van der Waals surface area (Å²) in [5.41, 5.74) is 0.486. The van der Waals surface area contributed by atoms with Gasteiger partial charge in [-0.25, -0.2) is 4.79 Å². The third-order valence-electron chi connectivity index (χ3n) is 2.33. The van der Waals surface area contributed by atoms with Gasteiger partial charge < -0.3 is 10.6 Å². The molecule has 1 aromatic heterocycles. The number of urea groups is 1. The van der Waals surface area contributed by atoms with Crippen LogP contribution in [0.5, 0.6) is 0 Å². The molecule has 0 aliphatic rings. The number of nitro benzene ring substituents is 1. The quantitative estimate of drug-likeness (QED) is 0.670. The minimum absolute atomic E-state index is 0.155. The van der Waals surface area contributed by atoms with Crippen LogP contribution in [-0.2, 0) is 0 Å². The Hall–Kier alpha value is -2.67. The fourth-order valence-corrected chi connectivity index (χ4v) is 1.61. The minimum Gasteiger partial charge on any atom is -0.306 e. The van der Waals surface area contributed by atoms with E-state index in [0.717, 1.165) is 0 Å². The Balaban J connectivity index is 2.11. The van der Waals surface area contributed by atoms with Crippen molar-refractivity contribution in [3.63, 3.8) is 0 Å². The van der Waals surface area contributed by atoms with Gasteiger partial charge in [-0.15, -0.1) is 0 Å². The van der Waals surface area contributed by atoms with E-state index in [4.69, 9.17) is 11.6 Å². The molecule has 102 valence electrons. The molecule has 0 saturated carbocycles. The molecule has 2 rings (SSSR count). The Morgan fingerprint density at radius 1 is 1.30 bits per heavy atom. The maximum absolute atomic E-state index is 11.7. The van der Waals surface area contributed by atoms with Gasteiger partial charge in [0, 0.05) is 18.3 Å². The van der Waals surface area contributed by atoms with E-state index < -0.39 is 11.0 Å². The van der Waals surface area contributed by atoms with Crippen LogP contribution in [0.15, 0.2) is 42.7 Å². The summed E-state index contributed by atoms with van der Waals surface area (Å²) in [6.45, 7) is 0. The first-order valence-electron chi connectivity index (χ1n) is 5.48. The van der Waals surface area contributed by atoms with Crippen molar-refractivity contribution in [1.29, 1.82) is 0 Å². The molecule has 0 fully saturated rings. The number of nitrogens with zero attached hydrogens (tertiary/aromatic N) is 2. The summed E-state index contributed by atoms with van der Waals surface area (Å²) in [5.74, 6) is 0. The molecule has 0 spiro atoms. The zero-order valence-electron chi connectivity index (χ0n) is 10.0. The van der Waals surface area contributed by atoms with Gasteiger partial charge in [-0.1, -0.05) is 11.6 Å². The van der Waals surface area contributed by atoms with Crippen LogP contribution < -0.4 is 10.6 Å². The van der Waals surface area contributed by atoms with Gasteiger partial charge in [0.1, 0.15) is 0 Å². The number of benzene rings is 1. The van der Waals surface area contributed by atoms with E-state index in [1.165, 1.54) is 24.4 Å². The third-order valence-corrected chi connectivity index (χ3v) is 2.66. The maximum atomic E-state index is 11.7. The average molecular weight is 293 g/mol. The highest BCUT2D eigenvalue weighted by atomic mass is 35.5. The molecular formula is C12H9ClN4O3. The number of aromatic nitrogens is 1. The van der Waals surface area contributed by atoms with Crippen molar-refractivity contribution in [3.05, 3.63) is 57.9 Å². The number of hydrogen-bond acceptors (Lipinski definition) is 4. The Labute approximate surface area is 118 Å². The maximum Gasteiger partial charge on any atom is 0.323 e. The number of carbonyl (C=O) groups is 1. The minimum atomic E-state index is -0.569. The van der Waals surface area contributed by atoms with Crippen molar-refractivity contribution in [1.82, 2.24) is 4.98 Å². The van der Waals surface area contributed by atoms with Crippen molar-refractivity contribution in [2.75, 3.05) is 10.6 Å². The van der Waals surface area contributed by atoms with Crippen LogP contribution in [-0.4, -0.2) is 15.9 Å². The van der Waals surface area contributed by atoms with E-state index in [9.17, 15) is 14.9 Å². The number of nitrogens with one attached hydrogen (secondary N) is 2. The van der Waals surface area contributed by atoms with Crippen LogP contribution in [0.3, 0.4) is 0 Å². The molecule has 2 N–H and O–H groups in total. The van der Waals surface area contributed by atoms with E-state index in [2.05, 4.69) is 15.6 Å². The standard InChI is InChI=1S/C12H9ClN4O3/c13-10-4-3-9(17(19)20)6-11(10)16-12(18)15-8-2-1-5-14-7-8/h1-7H,(H2,15,16,18). The molecule has 2 aromatic rings. The van der Waals surface area contributed by atoms with Crippen LogP contribution in [0, 0.1) is 10.1 Å². The van der Waals surface area contributed by atoms with Crippen molar-refractivity contribution in [2.45, 2.75) is 0 Å². The number of halogens is 1. The topological polar surface area (TPSA) is 97.2 Å². The van der Waals surface area contributed by atoms with Crippen LogP contribution in [0.1, 0.15) is 0 Å². The lowest BCUT2D eigenvalue weighted by atomic mass is 10.3. The predicted molar refractivity (Wildman–Crippen MR) is 75.0 cm³/mol. The summed E-state index contributed by atoms with van der Waals surface area (Å²) in [6, 6.07) is 6.54. The van der Waals surface area contributed by atoms with E-state index in [1.54, 1.807) is 18.3 Å². The van der Waals surface area contributed by atoms with Gasteiger partial charge in [0.2, 0.25) is 0 Å². The molecule has 0 radical (unpaired) electrons. The van der Waals surface area contributed by atoms with Crippen molar-refractivity contribution < 1.29 is 9.72 Å². The number of non-ortho nitro benzene ring substituents is 1. The number of hydrogen-bond donors (Lipinski definition) is 2. The summed E-state index contributed by atoms with van der Waals surface area (Å²) in [4.78, 5) is 25.7. The molecular weight excluding hydrogens is 284 g/mol. The molecule has 0 aliphatic carbocycles. The van der Waals surface area contributed by atoms with Crippen LogP contribution in [0.4, 0.5) is 21.9 Å². The van der Waals surface area contributed by atoms with Crippen LogP contribution >= 0.6 is 11.6 Å². The molecule has 2 amide bonds. The smallest absolute Gasteiger partial charge is 0.306 e. The van der Waals surface area contributed by atoms with Gasteiger partial charge >= 0.3 is 6.03 Å². The van der Waals surface area contributed by atoms with Gasteiger partial charge in [-0.3, -0.25) is 15.1 Å². The zero-order valence-corrected chi connectivity index (χ0v) is 10.8. The molecule has 0 saturated heterocycles. The number of rotatable bonds is 3. The van der Waals surface area contributed by atoms with E-state index in [0.29, 0.717) is 5.69 Å². The lowest BCUT2D eigenvalue weighted by Gasteiger charge is -2.08. The Bertz CT molecular complexity index is 648. The fourth-order valence-electron chi connectivity index (χ4n) is 1.44. The molecule has 0 bridgehead atoms. The van der Waals surface area contributed by atoms with E-state index >= 15 is 0 Å². The van der Waals surface area contributed by atoms with Gasteiger partial charge in [0.25, 0.3) is 5.69 Å². The van der Waals surface area contributed by atoms with Crippen molar-refractivity contribution in [2.24, 2.45) is 0 Å². The first kappa shape index (κ1) is 13.8. The third kappa shape index (κ3) is 3.42. The highest BCUT2D eigenvalue weighted by Gasteiger charge is 2.12. The van der Waals surface area contributed by atoms with E-state index in [1.807, 2.05) is 0 Å². The molecule has 0 aliphatic heterocycles.